The van der Waals surface area contributed by atoms with Gasteiger partial charge in [-0.1, -0.05) is 12.1 Å². The smallest absolute Gasteiger partial charge is 0.268 e. The number of para-hydroxylation sites is 1. The third-order valence-corrected chi connectivity index (χ3v) is 4.97. The molecule has 1 fully saturated rings. The van der Waals surface area contributed by atoms with Crippen LogP contribution in [-0.4, -0.2) is 27.1 Å². The first kappa shape index (κ1) is 17.4. The Morgan fingerprint density at radius 2 is 2.07 bits per heavy atom. The lowest BCUT2D eigenvalue weighted by molar-refractivity contribution is 0.0228. The van der Waals surface area contributed by atoms with Gasteiger partial charge in [0, 0.05) is 17.6 Å². The molecule has 0 radical (unpaired) electrons. The summed E-state index contributed by atoms with van der Waals surface area (Å²) in [6.07, 6.45) is 2.37. The molecular weight excluding hydrogens is 349 g/mol. The third-order valence-electron chi connectivity index (χ3n) is 4.97. The van der Waals surface area contributed by atoms with E-state index in [1.54, 1.807) is 18.3 Å². The highest BCUT2D eigenvalue weighted by Crippen LogP contribution is 2.37. The van der Waals surface area contributed by atoms with Crippen molar-refractivity contribution >= 4 is 16.8 Å². The average molecular weight is 367 g/mol. The molecule has 1 aromatic carbocycles. The van der Waals surface area contributed by atoms with Crippen LogP contribution in [0.1, 0.15) is 35.1 Å². The Bertz CT molecular complexity index is 1050. The maximum absolute atomic E-state index is 14.0. The van der Waals surface area contributed by atoms with E-state index >= 15 is 0 Å². The van der Waals surface area contributed by atoms with Gasteiger partial charge in [-0.15, -0.1) is 0 Å². The molecule has 0 bridgehead atoms. The summed E-state index contributed by atoms with van der Waals surface area (Å²) in [5.41, 5.74) is 0.237. The van der Waals surface area contributed by atoms with Gasteiger partial charge in [-0.05, 0) is 43.0 Å². The highest BCUT2D eigenvalue weighted by Gasteiger charge is 2.36. The van der Waals surface area contributed by atoms with Crippen LogP contribution in [0.2, 0.25) is 0 Å². The summed E-state index contributed by atoms with van der Waals surface area (Å²) in [7, 11) is 0. The van der Waals surface area contributed by atoms with Gasteiger partial charge in [-0.2, -0.15) is 0 Å². The number of H-pyrrole nitrogens is 1. The molecule has 0 unspecified atom stereocenters. The van der Waals surface area contributed by atoms with E-state index in [2.05, 4.69) is 15.3 Å². The van der Waals surface area contributed by atoms with Gasteiger partial charge in [0.25, 0.3) is 5.91 Å². The minimum atomic E-state index is -0.595. The van der Waals surface area contributed by atoms with E-state index in [0.29, 0.717) is 18.5 Å². The van der Waals surface area contributed by atoms with E-state index in [1.165, 1.54) is 24.3 Å². The Labute approximate surface area is 154 Å². The Balaban J connectivity index is 1.66. The molecule has 1 aliphatic carbocycles. The van der Waals surface area contributed by atoms with Crippen LogP contribution in [0.3, 0.4) is 0 Å². The lowest BCUT2D eigenvalue weighted by Gasteiger charge is -2.37. The van der Waals surface area contributed by atoms with Crippen molar-refractivity contribution in [1.82, 2.24) is 15.3 Å². The standard InChI is InChI=1S/C20H18FN3O3/c21-14-5-3-4-13-17(26)10-16(23-19(13)14)20(27)24-18(11-8-12(25)9-11)15-6-1-2-7-22-15/h1-7,10-12,18,25H,8-9H2,(H,23,26)(H,24,27)/t11?,12?,18-/m0/s1. The number of hydrogen-bond donors (Lipinski definition) is 3. The van der Waals surface area contributed by atoms with E-state index in [4.69, 9.17) is 0 Å². The summed E-state index contributed by atoms with van der Waals surface area (Å²) in [6.45, 7) is 0. The monoisotopic (exact) mass is 367 g/mol. The highest BCUT2D eigenvalue weighted by atomic mass is 19.1. The molecule has 3 aromatic rings. The number of rotatable bonds is 4. The van der Waals surface area contributed by atoms with Gasteiger partial charge >= 0.3 is 0 Å². The number of amides is 1. The van der Waals surface area contributed by atoms with Gasteiger partial charge < -0.3 is 15.4 Å². The minimum absolute atomic E-state index is 0.00334. The number of aromatic nitrogens is 2. The van der Waals surface area contributed by atoms with Crippen LogP contribution in [0.4, 0.5) is 4.39 Å². The van der Waals surface area contributed by atoms with E-state index in [9.17, 15) is 19.1 Å². The molecule has 138 valence electrons. The first-order chi connectivity index (χ1) is 13.0. The Hall–Kier alpha value is -3.06. The van der Waals surface area contributed by atoms with E-state index < -0.39 is 23.2 Å². The molecule has 1 atom stereocenters. The molecule has 1 aliphatic rings. The second-order valence-corrected chi connectivity index (χ2v) is 6.80. The van der Waals surface area contributed by atoms with Gasteiger partial charge in [0.05, 0.1) is 23.4 Å². The van der Waals surface area contributed by atoms with Crippen LogP contribution < -0.4 is 10.7 Å². The number of aromatic amines is 1. The highest BCUT2D eigenvalue weighted by molar-refractivity contribution is 5.95. The molecule has 0 aliphatic heterocycles. The molecule has 7 heteroatoms. The summed E-state index contributed by atoms with van der Waals surface area (Å²) in [5, 5.41) is 12.7. The second kappa shape index (κ2) is 6.92. The quantitative estimate of drug-likeness (QED) is 0.659. The number of hydrogen-bond acceptors (Lipinski definition) is 4. The van der Waals surface area contributed by atoms with Gasteiger partial charge in [0.2, 0.25) is 0 Å². The molecule has 3 N–H and O–H groups in total. The third kappa shape index (κ3) is 3.33. The number of carbonyl (C=O) groups excluding carboxylic acids is 1. The maximum Gasteiger partial charge on any atom is 0.268 e. The summed E-state index contributed by atoms with van der Waals surface area (Å²) >= 11 is 0. The molecule has 0 spiro atoms. The number of benzene rings is 1. The van der Waals surface area contributed by atoms with Crippen molar-refractivity contribution in [2.24, 2.45) is 5.92 Å². The van der Waals surface area contributed by atoms with Crippen LogP contribution in [0, 0.1) is 11.7 Å². The molecule has 2 heterocycles. The van der Waals surface area contributed by atoms with Crippen molar-refractivity contribution in [1.29, 1.82) is 0 Å². The van der Waals surface area contributed by atoms with Crippen molar-refractivity contribution in [2.75, 3.05) is 0 Å². The number of nitrogens with zero attached hydrogens (tertiary/aromatic N) is 1. The normalized spacial score (nSPS) is 20.1. The second-order valence-electron chi connectivity index (χ2n) is 6.80. The first-order valence-electron chi connectivity index (χ1n) is 8.74. The van der Waals surface area contributed by atoms with Crippen LogP contribution in [-0.2, 0) is 0 Å². The SMILES string of the molecule is O=C(N[C@H](c1ccccn1)C1CC(O)C1)c1cc(=O)c2cccc(F)c2[nH]1. The lowest BCUT2D eigenvalue weighted by Crippen LogP contribution is -2.42. The number of fused-ring (bicyclic) bond motifs is 1. The van der Waals surface area contributed by atoms with Gasteiger partial charge in [-0.3, -0.25) is 14.6 Å². The van der Waals surface area contributed by atoms with Gasteiger partial charge in [0.1, 0.15) is 11.5 Å². The number of carbonyl (C=O) groups is 1. The summed E-state index contributed by atoms with van der Waals surface area (Å²) in [4.78, 5) is 32.0. The van der Waals surface area contributed by atoms with Crippen LogP contribution in [0.25, 0.3) is 10.9 Å². The molecule has 2 aromatic heterocycles. The number of aliphatic hydroxyl groups excluding tert-OH is 1. The summed E-state index contributed by atoms with van der Waals surface area (Å²) < 4.78 is 14.0. The zero-order valence-corrected chi connectivity index (χ0v) is 14.4. The van der Waals surface area contributed by atoms with Crippen LogP contribution in [0.5, 0.6) is 0 Å². The van der Waals surface area contributed by atoms with E-state index in [1.807, 2.05) is 6.07 Å². The van der Waals surface area contributed by atoms with Crippen LogP contribution in [0.15, 0.2) is 53.5 Å². The molecule has 0 saturated heterocycles. The van der Waals surface area contributed by atoms with Gasteiger partial charge in [-0.25, -0.2) is 4.39 Å². The predicted octanol–water partition coefficient (Wildman–Crippen LogP) is 2.30. The first-order valence-corrected chi connectivity index (χ1v) is 8.74. The molecular formula is C20H18FN3O3. The average Bonchev–Trinajstić information content (AvgIpc) is 2.65. The number of nitrogens with one attached hydrogen (secondary N) is 2. The number of halogens is 1. The Morgan fingerprint density at radius 1 is 1.26 bits per heavy atom. The van der Waals surface area contributed by atoms with Crippen molar-refractivity contribution in [3.05, 3.63) is 76.1 Å². The van der Waals surface area contributed by atoms with E-state index in [-0.39, 0.29) is 28.6 Å². The Kier molecular flexibility index (Phi) is 4.45. The molecule has 4 rings (SSSR count). The fourth-order valence-corrected chi connectivity index (χ4v) is 3.47. The predicted molar refractivity (Wildman–Crippen MR) is 97.7 cm³/mol. The zero-order chi connectivity index (χ0) is 19.0. The summed E-state index contributed by atoms with van der Waals surface area (Å²) in [5.74, 6) is -1.07. The van der Waals surface area contributed by atoms with Gasteiger partial charge in [0.15, 0.2) is 5.43 Å². The number of pyridine rings is 2. The molecule has 27 heavy (non-hydrogen) atoms. The van der Waals surface area contributed by atoms with Crippen molar-refractivity contribution in [2.45, 2.75) is 25.0 Å². The summed E-state index contributed by atoms with van der Waals surface area (Å²) in [6, 6.07) is 10.4. The molecule has 1 saturated carbocycles. The zero-order valence-electron chi connectivity index (χ0n) is 14.4. The van der Waals surface area contributed by atoms with Crippen molar-refractivity contribution in [3.8, 4) is 0 Å². The lowest BCUT2D eigenvalue weighted by atomic mass is 9.76. The van der Waals surface area contributed by atoms with Crippen molar-refractivity contribution in [3.63, 3.8) is 0 Å². The minimum Gasteiger partial charge on any atom is -0.393 e. The topological polar surface area (TPSA) is 95.1 Å². The van der Waals surface area contributed by atoms with E-state index in [0.717, 1.165) is 0 Å². The largest absolute Gasteiger partial charge is 0.393 e. The Morgan fingerprint density at radius 3 is 2.78 bits per heavy atom. The fourth-order valence-electron chi connectivity index (χ4n) is 3.47. The number of aliphatic hydroxyl groups is 1. The fraction of sp³-hybridized carbons (Fsp3) is 0.250. The molecule has 1 amide bonds. The molecule has 6 nitrogen and oxygen atoms in total. The maximum atomic E-state index is 14.0. The van der Waals surface area contributed by atoms with Crippen LogP contribution >= 0.6 is 0 Å². The van der Waals surface area contributed by atoms with Crippen molar-refractivity contribution < 1.29 is 14.3 Å².